The number of nitrogens with zero attached hydrogens (tertiary/aromatic N) is 2. The highest BCUT2D eigenvalue weighted by molar-refractivity contribution is 9.10. The van der Waals surface area contributed by atoms with Gasteiger partial charge in [-0.05, 0) is 15.9 Å². The molecule has 0 saturated heterocycles. The van der Waals surface area contributed by atoms with Gasteiger partial charge in [0.15, 0.2) is 10.3 Å². The summed E-state index contributed by atoms with van der Waals surface area (Å²) in [5.74, 6) is -1.68. The van der Waals surface area contributed by atoms with Crippen molar-refractivity contribution < 1.29 is 23.6 Å². The molecule has 0 aliphatic rings. The van der Waals surface area contributed by atoms with E-state index in [1.165, 1.54) is 0 Å². The van der Waals surface area contributed by atoms with E-state index in [-0.39, 0.29) is 0 Å². The molecule has 0 saturated carbocycles. The molecule has 16 heavy (non-hydrogen) atoms. The molecule has 1 aromatic heterocycles. The number of pyridine rings is 1. The number of carbonyl (C=O) groups is 1. The fourth-order valence-electron chi connectivity index (χ4n) is 0.961. The molecule has 1 aromatic rings. The van der Waals surface area contributed by atoms with Crippen LogP contribution in [0.15, 0.2) is 10.7 Å². The molecule has 0 radical (unpaired) electrons. The highest BCUT2D eigenvalue weighted by atomic mass is 79.9. The van der Waals surface area contributed by atoms with E-state index in [0.717, 1.165) is 0 Å². The molecule has 9 heteroatoms. The molecule has 86 valence electrons. The molecule has 6 nitrogen and oxygen atoms in total. The SMILES string of the molecule is O=C(O)c1nc(Br)c([N+](=O)[O-])cc1C(F)F. The summed E-state index contributed by atoms with van der Waals surface area (Å²) >= 11 is 2.64. The third kappa shape index (κ3) is 2.30. The van der Waals surface area contributed by atoms with Crippen LogP contribution in [0, 0.1) is 10.1 Å². The molecular formula is C7H3BrF2N2O4. The maximum atomic E-state index is 12.4. The summed E-state index contributed by atoms with van der Waals surface area (Å²) < 4.78 is 24.4. The number of aromatic carboxylic acids is 1. The van der Waals surface area contributed by atoms with Crippen molar-refractivity contribution in [2.24, 2.45) is 0 Å². The zero-order chi connectivity index (χ0) is 12.5. The Morgan fingerprint density at radius 1 is 1.62 bits per heavy atom. The third-order valence-corrected chi connectivity index (χ3v) is 2.20. The van der Waals surface area contributed by atoms with Gasteiger partial charge in [-0.15, -0.1) is 0 Å². The maximum Gasteiger partial charge on any atom is 0.355 e. The van der Waals surface area contributed by atoms with E-state index in [2.05, 4.69) is 20.9 Å². The topological polar surface area (TPSA) is 93.3 Å². The van der Waals surface area contributed by atoms with E-state index in [9.17, 15) is 23.7 Å². The Hall–Kier alpha value is -1.64. The molecule has 0 amide bonds. The number of rotatable bonds is 3. The number of hydrogen-bond acceptors (Lipinski definition) is 4. The zero-order valence-electron chi connectivity index (χ0n) is 7.35. The first-order valence-electron chi connectivity index (χ1n) is 3.71. The lowest BCUT2D eigenvalue weighted by Crippen LogP contribution is -2.08. The first-order valence-corrected chi connectivity index (χ1v) is 4.50. The Kier molecular flexibility index (Phi) is 3.48. The van der Waals surface area contributed by atoms with Gasteiger partial charge in [0.25, 0.3) is 6.43 Å². The average Bonchev–Trinajstić information content (AvgIpc) is 2.15. The number of hydrogen-bond donors (Lipinski definition) is 1. The molecule has 1 N–H and O–H groups in total. The van der Waals surface area contributed by atoms with Gasteiger partial charge >= 0.3 is 11.7 Å². The van der Waals surface area contributed by atoms with Gasteiger partial charge in [0.05, 0.1) is 10.5 Å². The molecule has 1 rings (SSSR count). The molecule has 1 heterocycles. The fraction of sp³-hybridized carbons (Fsp3) is 0.143. The predicted octanol–water partition coefficient (Wildman–Crippen LogP) is 2.39. The molecule has 0 aromatic carbocycles. The average molecular weight is 297 g/mol. The lowest BCUT2D eigenvalue weighted by molar-refractivity contribution is -0.386. The zero-order valence-corrected chi connectivity index (χ0v) is 8.94. The Labute approximate surface area is 95.2 Å². The summed E-state index contributed by atoms with van der Waals surface area (Å²) in [5, 5.41) is 19.0. The fourth-order valence-corrected chi connectivity index (χ4v) is 1.40. The molecule has 0 aliphatic heterocycles. The molecule has 0 atom stereocenters. The van der Waals surface area contributed by atoms with Crippen LogP contribution in [0.3, 0.4) is 0 Å². The molecule has 0 spiro atoms. The van der Waals surface area contributed by atoms with Crippen LogP contribution in [0.4, 0.5) is 14.5 Å². The van der Waals surface area contributed by atoms with E-state index in [4.69, 9.17) is 5.11 Å². The van der Waals surface area contributed by atoms with E-state index in [0.29, 0.717) is 6.07 Å². The molecule has 0 unspecified atom stereocenters. The Morgan fingerprint density at radius 3 is 2.56 bits per heavy atom. The molecule has 0 bridgehead atoms. The van der Waals surface area contributed by atoms with Crippen molar-refractivity contribution in [3.05, 3.63) is 32.0 Å². The van der Waals surface area contributed by atoms with Crippen LogP contribution in [0.5, 0.6) is 0 Å². The Bertz CT molecular complexity index is 466. The van der Waals surface area contributed by atoms with E-state index in [1.807, 2.05) is 0 Å². The van der Waals surface area contributed by atoms with Crippen LogP contribution >= 0.6 is 15.9 Å². The van der Waals surface area contributed by atoms with Crippen LogP contribution < -0.4 is 0 Å². The van der Waals surface area contributed by atoms with Crippen LogP contribution in [0.1, 0.15) is 22.5 Å². The minimum Gasteiger partial charge on any atom is -0.476 e. The van der Waals surface area contributed by atoms with E-state index in [1.54, 1.807) is 0 Å². The monoisotopic (exact) mass is 296 g/mol. The predicted molar refractivity (Wildman–Crippen MR) is 50.5 cm³/mol. The van der Waals surface area contributed by atoms with Gasteiger partial charge in [-0.3, -0.25) is 10.1 Å². The minimum absolute atomic E-state index is 0.403. The van der Waals surface area contributed by atoms with Crippen molar-refractivity contribution in [2.75, 3.05) is 0 Å². The van der Waals surface area contributed by atoms with Gasteiger partial charge in [-0.2, -0.15) is 0 Å². The maximum absolute atomic E-state index is 12.4. The van der Waals surface area contributed by atoms with Crippen molar-refractivity contribution in [3.8, 4) is 0 Å². The first-order chi connectivity index (χ1) is 7.34. The lowest BCUT2D eigenvalue weighted by atomic mass is 10.2. The summed E-state index contributed by atoms with van der Waals surface area (Å²) in [5.41, 5.74) is -2.60. The number of alkyl halides is 2. The summed E-state index contributed by atoms with van der Waals surface area (Å²) in [7, 11) is 0. The van der Waals surface area contributed by atoms with Crippen molar-refractivity contribution >= 4 is 27.6 Å². The Morgan fingerprint density at radius 2 is 2.19 bits per heavy atom. The molecule has 0 fully saturated rings. The minimum atomic E-state index is -3.15. The largest absolute Gasteiger partial charge is 0.476 e. The van der Waals surface area contributed by atoms with Gasteiger partial charge in [0.2, 0.25) is 0 Å². The summed E-state index contributed by atoms with van der Waals surface area (Å²) in [4.78, 5) is 23.3. The normalized spacial score (nSPS) is 10.5. The Balaban J connectivity index is 3.49. The van der Waals surface area contributed by atoms with Crippen LogP contribution in [0.25, 0.3) is 0 Å². The second-order valence-electron chi connectivity index (χ2n) is 2.60. The number of carboxylic acid groups (broad SMARTS) is 1. The van der Waals surface area contributed by atoms with Gasteiger partial charge in [-0.1, -0.05) is 0 Å². The van der Waals surface area contributed by atoms with Crippen molar-refractivity contribution in [3.63, 3.8) is 0 Å². The van der Waals surface area contributed by atoms with Gasteiger partial charge in [0.1, 0.15) is 0 Å². The second kappa shape index (κ2) is 4.47. The van der Waals surface area contributed by atoms with Crippen molar-refractivity contribution in [2.45, 2.75) is 6.43 Å². The van der Waals surface area contributed by atoms with Gasteiger partial charge < -0.3 is 5.11 Å². The summed E-state index contributed by atoms with van der Waals surface area (Å²) in [6, 6.07) is 0.491. The van der Waals surface area contributed by atoms with Crippen molar-refractivity contribution in [1.29, 1.82) is 0 Å². The first kappa shape index (κ1) is 12.4. The number of halogens is 3. The number of aromatic nitrogens is 1. The molecular weight excluding hydrogens is 294 g/mol. The van der Waals surface area contributed by atoms with Crippen molar-refractivity contribution in [1.82, 2.24) is 4.98 Å². The summed E-state index contributed by atoms with van der Waals surface area (Å²) in [6.07, 6.45) is -3.15. The van der Waals surface area contributed by atoms with E-state index >= 15 is 0 Å². The summed E-state index contributed by atoms with van der Waals surface area (Å²) in [6.45, 7) is 0. The lowest BCUT2D eigenvalue weighted by Gasteiger charge is -2.04. The smallest absolute Gasteiger partial charge is 0.355 e. The van der Waals surface area contributed by atoms with E-state index < -0.39 is 38.9 Å². The molecule has 0 aliphatic carbocycles. The second-order valence-corrected chi connectivity index (χ2v) is 3.35. The standard InChI is InChI=1S/C7H3BrF2N2O4/c8-5-3(12(15)16)1-2(6(9)10)4(11-5)7(13)14/h1,6H,(H,13,14). The number of carboxylic acids is 1. The van der Waals surface area contributed by atoms with Gasteiger partial charge in [-0.25, -0.2) is 18.6 Å². The van der Waals surface area contributed by atoms with Crippen LogP contribution in [0.2, 0.25) is 0 Å². The quantitative estimate of drug-likeness (QED) is 0.525. The highest BCUT2D eigenvalue weighted by Gasteiger charge is 2.26. The number of nitro groups is 1. The van der Waals surface area contributed by atoms with Crippen LogP contribution in [-0.2, 0) is 0 Å². The third-order valence-electron chi connectivity index (χ3n) is 1.62. The van der Waals surface area contributed by atoms with Crippen LogP contribution in [-0.4, -0.2) is 21.0 Å². The highest BCUT2D eigenvalue weighted by Crippen LogP contribution is 2.30. The van der Waals surface area contributed by atoms with Gasteiger partial charge in [0, 0.05) is 6.07 Å².